The lowest BCUT2D eigenvalue weighted by Crippen LogP contribution is -2.46. The fourth-order valence-corrected chi connectivity index (χ4v) is 4.35. The van der Waals surface area contributed by atoms with Crippen molar-refractivity contribution in [2.75, 3.05) is 19.3 Å². The zero-order chi connectivity index (χ0) is 16.6. The van der Waals surface area contributed by atoms with Crippen LogP contribution in [0.2, 0.25) is 0 Å². The number of nitrogens with one attached hydrogen (secondary N) is 2. The van der Waals surface area contributed by atoms with E-state index in [-0.39, 0.29) is 11.9 Å². The van der Waals surface area contributed by atoms with Gasteiger partial charge in [-0.2, -0.15) is 0 Å². The smallest absolute Gasteiger partial charge is 0.269 e. The number of carbonyl (C=O) groups is 1. The van der Waals surface area contributed by atoms with Gasteiger partial charge >= 0.3 is 0 Å². The summed E-state index contributed by atoms with van der Waals surface area (Å²) < 4.78 is 25.2. The van der Waals surface area contributed by atoms with Gasteiger partial charge in [-0.15, -0.1) is 0 Å². The predicted molar refractivity (Wildman–Crippen MR) is 92.9 cm³/mol. The van der Waals surface area contributed by atoms with Crippen LogP contribution in [-0.4, -0.2) is 49.0 Å². The zero-order valence-corrected chi connectivity index (χ0v) is 15.1. The first-order valence-electron chi connectivity index (χ1n) is 7.38. The minimum absolute atomic E-state index is 0.0150. The first kappa shape index (κ1) is 16.5. The molecule has 0 radical (unpaired) electrons. The molecule has 0 unspecified atom stereocenters. The van der Waals surface area contributed by atoms with Gasteiger partial charge in [0, 0.05) is 30.0 Å². The quantitative estimate of drug-likeness (QED) is 0.828. The summed E-state index contributed by atoms with van der Waals surface area (Å²) in [7, 11) is -3.15. The zero-order valence-electron chi connectivity index (χ0n) is 12.7. The molecule has 2 heterocycles. The molecule has 0 aliphatic carbocycles. The van der Waals surface area contributed by atoms with E-state index in [1.165, 1.54) is 10.6 Å². The number of benzene rings is 1. The van der Waals surface area contributed by atoms with Crippen LogP contribution < -0.4 is 5.32 Å². The molecule has 1 fully saturated rings. The Morgan fingerprint density at radius 1 is 1.30 bits per heavy atom. The minimum atomic E-state index is -3.15. The van der Waals surface area contributed by atoms with Crippen LogP contribution in [0.25, 0.3) is 10.9 Å². The number of amides is 1. The number of rotatable bonds is 3. The Balaban J connectivity index is 1.69. The molecule has 1 aliphatic heterocycles. The first-order valence-corrected chi connectivity index (χ1v) is 10.0. The van der Waals surface area contributed by atoms with E-state index in [0.29, 0.717) is 31.6 Å². The average Bonchev–Trinajstić information content (AvgIpc) is 2.85. The Bertz CT molecular complexity index is 839. The van der Waals surface area contributed by atoms with Gasteiger partial charge in [0.25, 0.3) is 5.91 Å². The summed E-state index contributed by atoms with van der Waals surface area (Å²) in [5.74, 6) is -0.175. The van der Waals surface area contributed by atoms with Crippen LogP contribution >= 0.6 is 15.9 Å². The van der Waals surface area contributed by atoms with Gasteiger partial charge in [0.15, 0.2) is 0 Å². The second-order valence-electron chi connectivity index (χ2n) is 5.77. The summed E-state index contributed by atoms with van der Waals surface area (Å²) >= 11 is 3.47. The molecule has 2 N–H and O–H groups in total. The van der Waals surface area contributed by atoms with E-state index in [0.717, 1.165) is 15.4 Å². The van der Waals surface area contributed by atoms with Crippen molar-refractivity contribution in [2.24, 2.45) is 0 Å². The maximum Gasteiger partial charge on any atom is 0.269 e. The summed E-state index contributed by atoms with van der Waals surface area (Å²) in [5.41, 5.74) is 1.40. The van der Waals surface area contributed by atoms with Gasteiger partial charge in [-0.05, 0) is 34.8 Å². The Morgan fingerprint density at radius 3 is 2.57 bits per heavy atom. The van der Waals surface area contributed by atoms with Crippen molar-refractivity contribution in [3.63, 3.8) is 0 Å². The third-order valence-corrected chi connectivity index (χ3v) is 6.25. The number of fused-ring (bicyclic) bond motifs is 1. The number of nitrogens with zero attached hydrogens (tertiary/aromatic N) is 1. The molecule has 2 aromatic rings. The van der Waals surface area contributed by atoms with Gasteiger partial charge in [-0.25, -0.2) is 12.7 Å². The van der Waals surface area contributed by atoms with E-state index in [2.05, 4.69) is 26.2 Å². The van der Waals surface area contributed by atoms with Crippen molar-refractivity contribution < 1.29 is 13.2 Å². The fraction of sp³-hybridized carbons (Fsp3) is 0.400. The van der Waals surface area contributed by atoms with Crippen LogP contribution in [0, 0.1) is 0 Å². The van der Waals surface area contributed by atoms with Crippen molar-refractivity contribution in [3.8, 4) is 0 Å². The summed E-state index contributed by atoms with van der Waals surface area (Å²) in [4.78, 5) is 15.6. The minimum Gasteiger partial charge on any atom is -0.350 e. The molecule has 8 heteroatoms. The van der Waals surface area contributed by atoms with Crippen molar-refractivity contribution in [1.82, 2.24) is 14.6 Å². The molecular formula is C15H18BrN3O3S. The molecule has 3 rings (SSSR count). The van der Waals surface area contributed by atoms with Crippen molar-refractivity contribution in [2.45, 2.75) is 18.9 Å². The van der Waals surface area contributed by atoms with E-state index >= 15 is 0 Å². The molecule has 6 nitrogen and oxygen atoms in total. The molecule has 0 spiro atoms. The van der Waals surface area contributed by atoms with Crippen LogP contribution in [0.15, 0.2) is 28.7 Å². The van der Waals surface area contributed by atoms with Crippen molar-refractivity contribution in [1.29, 1.82) is 0 Å². The number of H-pyrrole nitrogens is 1. The molecule has 0 saturated carbocycles. The summed E-state index contributed by atoms with van der Waals surface area (Å²) in [6.45, 7) is 0.884. The molecule has 0 bridgehead atoms. The maximum absolute atomic E-state index is 12.5. The standard InChI is InChI=1S/C15H18BrN3O3S/c1-23(21,22)19-8-6-10(7-9-19)17-15(20)14-13(16)11-4-2-3-5-12(11)18-14/h2-5,10,18H,6-9H2,1H3,(H,17,20). The number of para-hydroxylation sites is 1. The highest BCUT2D eigenvalue weighted by atomic mass is 79.9. The first-order chi connectivity index (χ1) is 10.9. The molecule has 0 atom stereocenters. The monoisotopic (exact) mass is 399 g/mol. The van der Waals surface area contributed by atoms with Gasteiger partial charge in [0.2, 0.25) is 10.0 Å². The molecule has 23 heavy (non-hydrogen) atoms. The Hall–Kier alpha value is -1.38. The Kier molecular flexibility index (Phi) is 4.48. The summed E-state index contributed by atoms with van der Waals surface area (Å²) in [5, 5.41) is 3.95. The van der Waals surface area contributed by atoms with Gasteiger partial charge in [-0.3, -0.25) is 4.79 Å². The molecule has 124 valence electrons. The number of sulfonamides is 1. The molecule has 1 saturated heterocycles. The Labute approximate surface area is 143 Å². The van der Waals surface area contributed by atoms with E-state index in [4.69, 9.17) is 0 Å². The number of hydrogen-bond donors (Lipinski definition) is 2. The lowest BCUT2D eigenvalue weighted by Gasteiger charge is -2.30. The van der Waals surface area contributed by atoms with Crippen LogP contribution in [0.1, 0.15) is 23.3 Å². The molecule has 1 aromatic carbocycles. The van der Waals surface area contributed by atoms with E-state index in [1.54, 1.807) is 0 Å². The van der Waals surface area contributed by atoms with Crippen LogP contribution in [-0.2, 0) is 10.0 Å². The van der Waals surface area contributed by atoms with Gasteiger partial charge in [-0.1, -0.05) is 18.2 Å². The highest BCUT2D eigenvalue weighted by Gasteiger charge is 2.27. The average molecular weight is 400 g/mol. The lowest BCUT2D eigenvalue weighted by atomic mass is 10.1. The SMILES string of the molecule is CS(=O)(=O)N1CCC(NC(=O)c2[nH]c3ccccc3c2Br)CC1. The van der Waals surface area contributed by atoms with Crippen LogP contribution in [0.3, 0.4) is 0 Å². The predicted octanol–water partition coefficient (Wildman–Crippen LogP) is 2.08. The number of piperidine rings is 1. The van der Waals surface area contributed by atoms with E-state index in [1.807, 2.05) is 24.3 Å². The number of aromatic amines is 1. The molecule has 1 aliphatic rings. The maximum atomic E-state index is 12.5. The number of aromatic nitrogens is 1. The lowest BCUT2D eigenvalue weighted by molar-refractivity contribution is 0.0919. The topological polar surface area (TPSA) is 82.3 Å². The number of hydrogen-bond acceptors (Lipinski definition) is 3. The van der Waals surface area contributed by atoms with E-state index in [9.17, 15) is 13.2 Å². The normalized spacial score (nSPS) is 17.5. The van der Waals surface area contributed by atoms with Gasteiger partial charge in [0.1, 0.15) is 5.69 Å². The molecule has 1 amide bonds. The molecular weight excluding hydrogens is 382 g/mol. The third-order valence-electron chi connectivity index (χ3n) is 4.13. The van der Waals surface area contributed by atoms with Gasteiger partial charge in [0.05, 0.1) is 10.7 Å². The molecule has 1 aromatic heterocycles. The highest BCUT2D eigenvalue weighted by Crippen LogP contribution is 2.27. The highest BCUT2D eigenvalue weighted by molar-refractivity contribution is 9.10. The third kappa shape index (κ3) is 3.44. The number of halogens is 1. The fourth-order valence-electron chi connectivity index (χ4n) is 2.85. The second kappa shape index (κ2) is 6.26. The van der Waals surface area contributed by atoms with Crippen LogP contribution in [0.5, 0.6) is 0 Å². The van der Waals surface area contributed by atoms with Crippen molar-refractivity contribution >= 4 is 42.8 Å². The van der Waals surface area contributed by atoms with Crippen LogP contribution in [0.4, 0.5) is 0 Å². The summed E-state index contributed by atoms with van der Waals surface area (Å²) in [6, 6.07) is 7.68. The number of carbonyl (C=O) groups excluding carboxylic acids is 1. The van der Waals surface area contributed by atoms with Crippen molar-refractivity contribution in [3.05, 3.63) is 34.4 Å². The second-order valence-corrected chi connectivity index (χ2v) is 8.54. The summed E-state index contributed by atoms with van der Waals surface area (Å²) in [6.07, 6.45) is 2.46. The van der Waals surface area contributed by atoms with Gasteiger partial charge < -0.3 is 10.3 Å². The van der Waals surface area contributed by atoms with E-state index < -0.39 is 10.0 Å². The largest absolute Gasteiger partial charge is 0.350 e. The Morgan fingerprint density at radius 2 is 1.96 bits per heavy atom.